The molecule has 0 aliphatic carbocycles. The standard InChI is InChI=1S/C19H24N2O3/c22-18-7-6-17-16-5-4-15(12-14(16)8-11-21(17)18)24-13-19(23)20-9-2-1-3-10-20/h4-5,12,17H,1-3,6-11,13H2. The van der Waals surface area contributed by atoms with Crippen LogP contribution in [0.1, 0.15) is 49.3 Å². The molecule has 128 valence electrons. The molecule has 5 nitrogen and oxygen atoms in total. The Morgan fingerprint density at radius 3 is 2.79 bits per heavy atom. The van der Waals surface area contributed by atoms with Crippen LogP contribution < -0.4 is 4.74 Å². The summed E-state index contributed by atoms with van der Waals surface area (Å²) in [6.45, 7) is 2.63. The van der Waals surface area contributed by atoms with Gasteiger partial charge in [0.25, 0.3) is 5.91 Å². The van der Waals surface area contributed by atoms with Gasteiger partial charge in [-0.25, -0.2) is 0 Å². The van der Waals surface area contributed by atoms with Gasteiger partial charge in [-0.15, -0.1) is 0 Å². The third-order valence-corrected chi connectivity index (χ3v) is 5.49. The fourth-order valence-corrected chi connectivity index (χ4v) is 4.17. The van der Waals surface area contributed by atoms with Crippen LogP contribution in [0.2, 0.25) is 0 Å². The van der Waals surface area contributed by atoms with Crippen LogP contribution >= 0.6 is 0 Å². The molecule has 0 bridgehead atoms. The van der Waals surface area contributed by atoms with Crippen molar-refractivity contribution in [2.24, 2.45) is 0 Å². The Balaban J connectivity index is 1.41. The van der Waals surface area contributed by atoms with E-state index < -0.39 is 0 Å². The minimum absolute atomic E-state index is 0.0833. The zero-order chi connectivity index (χ0) is 16.5. The van der Waals surface area contributed by atoms with Crippen LogP contribution in [0.5, 0.6) is 5.75 Å². The molecule has 24 heavy (non-hydrogen) atoms. The SMILES string of the molecule is O=C(COc1ccc2c(c1)CCN1C(=O)CCC21)N1CCCCC1. The summed E-state index contributed by atoms with van der Waals surface area (Å²) in [6.07, 6.45) is 5.86. The van der Waals surface area contributed by atoms with E-state index >= 15 is 0 Å². The smallest absolute Gasteiger partial charge is 0.260 e. The van der Waals surface area contributed by atoms with Gasteiger partial charge in [0.1, 0.15) is 5.75 Å². The number of carbonyl (C=O) groups excluding carboxylic acids is 2. The Morgan fingerprint density at radius 1 is 1.12 bits per heavy atom. The van der Waals surface area contributed by atoms with Crippen LogP contribution in [-0.2, 0) is 16.0 Å². The van der Waals surface area contributed by atoms with Crippen molar-refractivity contribution in [3.05, 3.63) is 29.3 Å². The lowest BCUT2D eigenvalue weighted by atomic mass is 9.93. The molecule has 2 amide bonds. The number of ether oxygens (including phenoxy) is 1. The number of likely N-dealkylation sites (tertiary alicyclic amines) is 1. The summed E-state index contributed by atoms with van der Waals surface area (Å²) in [4.78, 5) is 28.0. The first-order valence-corrected chi connectivity index (χ1v) is 9.05. The lowest BCUT2D eigenvalue weighted by molar-refractivity contribution is -0.134. The number of fused-ring (bicyclic) bond motifs is 3. The van der Waals surface area contributed by atoms with Crippen molar-refractivity contribution in [1.82, 2.24) is 9.80 Å². The summed E-state index contributed by atoms with van der Waals surface area (Å²) >= 11 is 0. The number of hydrogen-bond acceptors (Lipinski definition) is 3. The molecule has 0 spiro atoms. The summed E-state index contributed by atoms with van der Waals surface area (Å²) in [6, 6.07) is 6.31. The second kappa shape index (κ2) is 6.46. The van der Waals surface area contributed by atoms with Crippen molar-refractivity contribution < 1.29 is 14.3 Å². The predicted molar refractivity (Wildman–Crippen MR) is 89.8 cm³/mol. The molecule has 3 aliphatic rings. The Morgan fingerprint density at radius 2 is 1.96 bits per heavy atom. The average molecular weight is 328 g/mol. The molecular weight excluding hydrogens is 304 g/mol. The van der Waals surface area contributed by atoms with Gasteiger partial charge in [-0.1, -0.05) is 6.07 Å². The highest BCUT2D eigenvalue weighted by Gasteiger charge is 2.35. The van der Waals surface area contributed by atoms with Crippen LogP contribution in [0.3, 0.4) is 0 Å². The first-order chi connectivity index (χ1) is 11.7. The fourth-order valence-electron chi connectivity index (χ4n) is 4.17. The molecule has 3 aliphatic heterocycles. The maximum absolute atomic E-state index is 12.2. The van der Waals surface area contributed by atoms with E-state index in [9.17, 15) is 9.59 Å². The summed E-state index contributed by atoms with van der Waals surface area (Å²) < 4.78 is 5.75. The molecule has 0 N–H and O–H groups in total. The van der Waals surface area contributed by atoms with E-state index in [1.807, 2.05) is 15.9 Å². The summed E-state index contributed by atoms with van der Waals surface area (Å²) in [5.41, 5.74) is 2.51. The number of rotatable bonds is 3. The van der Waals surface area contributed by atoms with Gasteiger partial charge >= 0.3 is 0 Å². The zero-order valence-corrected chi connectivity index (χ0v) is 14.0. The second-order valence-corrected chi connectivity index (χ2v) is 6.98. The highest BCUT2D eigenvalue weighted by atomic mass is 16.5. The number of hydrogen-bond donors (Lipinski definition) is 0. The monoisotopic (exact) mass is 328 g/mol. The molecule has 3 heterocycles. The van der Waals surface area contributed by atoms with Crippen molar-refractivity contribution >= 4 is 11.8 Å². The molecule has 5 heteroatoms. The Labute approximate surface area is 142 Å². The van der Waals surface area contributed by atoms with Gasteiger partial charge in [0, 0.05) is 26.1 Å². The van der Waals surface area contributed by atoms with Crippen molar-refractivity contribution in [2.45, 2.75) is 44.6 Å². The summed E-state index contributed by atoms with van der Waals surface area (Å²) in [5.74, 6) is 1.12. The molecule has 2 saturated heterocycles. The number of amides is 2. The average Bonchev–Trinajstić information content (AvgIpc) is 3.01. The Kier molecular flexibility index (Phi) is 4.17. The molecule has 1 aromatic rings. The van der Waals surface area contributed by atoms with E-state index in [0.29, 0.717) is 6.42 Å². The second-order valence-electron chi connectivity index (χ2n) is 6.98. The molecule has 0 radical (unpaired) electrons. The van der Waals surface area contributed by atoms with E-state index in [1.165, 1.54) is 17.5 Å². The topological polar surface area (TPSA) is 49.9 Å². The number of nitrogens with zero attached hydrogens (tertiary/aromatic N) is 2. The van der Waals surface area contributed by atoms with Crippen molar-refractivity contribution in [2.75, 3.05) is 26.2 Å². The molecule has 1 aromatic carbocycles. The Bertz CT molecular complexity index is 652. The van der Waals surface area contributed by atoms with E-state index in [1.54, 1.807) is 0 Å². The molecule has 0 aromatic heterocycles. The first kappa shape index (κ1) is 15.5. The van der Waals surface area contributed by atoms with Crippen molar-refractivity contribution in [3.63, 3.8) is 0 Å². The molecule has 1 unspecified atom stereocenters. The number of carbonyl (C=O) groups is 2. The maximum atomic E-state index is 12.2. The fraction of sp³-hybridized carbons (Fsp3) is 0.579. The van der Waals surface area contributed by atoms with Gasteiger partial charge < -0.3 is 14.5 Å². The number of benzene rings is 1. The van der Waals surface area contributed by atoms with Crippen LogP contribution in [0.15, 0.2) is 18.2 Å². The maximum Gasteiger partial charge on any atom is 0.260 e. The molecule has 2 fully saturated rings. The normalized spacial score (nSPS) is 23.0. The van der Waals surface area contributed by atoms with Crippen LogP contribution in [0.4, 0.5) is 0 Å². The third kappa shape index (κ3) is 2.87. The van der Waals surface area contributed by atoms with Crippen molar-refractivity contribution in [1.29, 1.82) is 0 Å². The van der Waals surface area contributed by atoms with Crippen LogP contribution in [-0.4, -0.2) is 47.9 Å². The Hall–Kier alpha value is -2.04. The van der Waals surface area contributed by atoms with Gasteiger partial charge in [0.2, 0.25) is 5.91 Å². The van der Waals surface area contributed by atoms with Gasteiger partial charge in [-0.05, 0) is 55.4 Å². The van der Waals surface area contributed by atoms with Crippen LogP contribution in [0.25, 0.3) is 0 Å². The van der Waals surface area contributed by atoms with Crippen molar-refractivity contribution in [3.8, 4) is 5.75 Å². The van der Waals surface area contributed by atoms with E-state index in [0.717, 1.165) is 51.1 Å². The highest BCUT2D eigenvalue weighted by molar-refractivity contribution is 5.79. The van der Waals surface area contributed by atoms with Gasteiger partial charge in [-0.2, -0.15) is 0 Å². The highest BCUT2D eigenvalue weighted by Crippen LogP contribution is 2.39. The zero-order valence-electron chi connectivity index (χ0n) is 14.0. The van der Waals surface area contributed by atoms with Gasteiger partial charge in [0.05, 0.1) is 6.04 Å². The minimum atomic E-state index is 0.0833. The largest absolute Gasteiger partial charge is 0.484 e. The molecule has 4 rings (SSSR count). The molecule has 0 saturated carbocycles. The number of piperidine rings is 1. The van der Waals surface area contributed by atoms with E-state index in [2.05, 4.69) is 12.1 Å². The molecule has 1 atom stereocenters. The minimum Gasteiger partial charge on any atom is -0.484 e. The predicted octanol–water partition coefficient (Wildman–Crippen LogP) is 2.30. The van der Waals surface area contributed by atoms with Crippen LogP contribution in [0, 0.1) is 0 Å². The lowest BCUT2D eigenvalue weighted by Gasteiger charge is -2.32. The summed E-state index contributed by atoms with van der Waals surface area (Å²) in [7, 11) is 0. The van der Waals surface area contributed by atoms with Gasteiger partial charge in [-0.3, -0.25) is 9.59 Å². The van der Waals surface area contributed by atoms with E-state index in [-0.39, 0.29) is 24.5 Å². The first-order valence-electron chi connectivity index (χ1n) is 9.05. The lowest BCUT2D eigenvalue weighted by Crippen LogP contribution is -2.38. The summed E-state index contributed by atoms with van der Waals surface area (Å²) in [5, 5.41) is 0. The molecular formula is C19H24N2O3. The third-order valence-electron chi connectivity index (χ3n) is 5.49. The van der Waals surface area contributed by atoms with E-state index in [4.69, 9.17) is 4.74 Å². The quantitative estimate of drug-likeness (QED) is 0.855. The van der Waals surface area contributed by atoms with Gasteiger partial charge in [0.15, 0.2) is 6.61 Å².